The minimum absolute atomic E-state index is 0.0448. The Morgan fingerprint density at radius 2 is 1.85 bits per heavy atom. The molecule has 3 heteroatoms. The molecule has 2 aromatic rings. The summed E-state index contributed by atoms with van der Waals surface area (Å²) >= 11 is 0. The van der Waals surface area contributed by atoms with Crippen LogP contribution in [-0.2, 0) is 6.42 Å². The summed E-state index contributed by atoms with van der Waals surface area (Å²) in [6, 6.07) is 12.9. The third kappa shape index (κ3) is 3.36. The van der Waals surface area contributed by atoms with Crippen molar-refractivity contribution in [3.05, 3.63) is 65.0 Å². The van der Waals surface area contributed by atoms with Gasteiger partial charge in [0.1, 0.15) is 11.6 Å². The lowest BCUT2D eigenvalue weighted by Crippen LogP contribution is -2.16. The molecule has 0 aliphatic rings. The maximum atomic E-state index is 13.5. The topological polar surface area (TPSA) is 35.2 Å². The van der Waals surface area contributed by atoms with E-state index in [0.717, 1.165) is 12.0 Å². The summed E-state index contributed by atoms with van der Waals surface area (Å²) in [5, 5.41) is 0. The lowest BCUT2D eigenvalue weighted by Gasteiger charge is -2.18. The molecule has 0 aliphatic heterocycles. The van der Waals surface area contributed by atoms with E-state index in [9.17, 15) is 4.39 Å². The number of rotatable bonds is 5. The zero-order valence-electron chi connectivity index (χ0n) is 11.9. The SMILES string of the molecule is COc1ccc(F)cc1C(CN)Cc1ccc(C)cc1. The Kier molecular flexibility index (Phi) is 4.74. The van der Waals surface area contributed by atoms with Crippen molar-refractivity contribution in [1.82, 2.24) is 0 Å². The van der Waals surface area contributed by atoms with Gasteiger partial charge in [-0.05, 0) is 43.7 Å². The molecular weight excluding hydrogens is 253 g/mol. The molecule has 2 rings (SSSR count). The normalized spacial score (nSPS) is 12.2. The lowest BCUT2D eigenvalue weighted by atomic mass is 9.91. The van der Waals surface area contributed by atoms with Crippen LogP contribution in [0.2, 0.25) is 0 Å². The van der Waals surface area contributed by atoms with Gasteiger partial charge in [0, 0.05) is 11.5 Å². The first-order valence-electron chi connectivity index (χ1n) is 6.73. The third-order valence-corrected chi connectivity index (χ3v) is 3.52. The second-order valence-corrected chi connectivity index (χ2v) is 5.01. The monoisotopic (exact) mass is 273 g/mol. The van der Waals surface area contributed by atoms with E-state index in [2.05, 4.69) is 31.2 Å². The highest BCUT2D eigenvalue weighted by Crippen LogP contribution is 2.29. The molecule has 0 heterocycles. The van der Waals surface area contributed by atoms with Crippen LogP contribution < -0.4 is 10.5 Å². The van der Waals surface area contributed by atoms with Gasteiger partial charge in [0.05, 0.1) is 7.11 Å². The maximum Gasteiger partial charge on any atom is 0.123 e. The zero-order valence-corrected chi connectivity index (χ0v) is 11.9. The van der Waals surface area contributed by atoms with E-state index in [1.54, 1.807) is 13.2 Å². The Hall–Kier alpha value is -1.87. The number of benzene rings is 2. The van der Waals surface area contributed by atoms with Gasteiger partial charge in [-0.3, -0.25) is 0 Å². The van der Waals surface area contributed by atoms with E-state index in [-0.39, 0.29) is 11.7 Å². The molecule has 2 N–H and O–H groups in total. The third-order valence-electron chi connectivity index (χ3n) is 3.52. The van der Waals surface area contributed by atoms with E-state index in [4.69, 9.17) is 10.5 Å². The van der Waals surface area contributed by atoms with Crippen molar-refractivity contribution in [2.24, 2.45) is 5.73 Å². The number of aryl methyl sites for hydroxylation is 1. The largest absolute Gasteiger partial charge is 0.496 e. The van der Waals surface area contributed by atoms with E-state index in [1.165, 1.54) is 23.3 Å². The highest BCUT2D eigenvalue weighted by molar-refractivity contribution is 5.38. The molecule has 0 saturated heterocycles. The van der Waals surface area contributed by atoms with Gasteiger partial charge in [-0.2, -0.15) is 0 Å². The van der Waals surface area contributed by atoms with Crippen molar-refractivity contribution in [2.45, 2.75) is 19.3 Å². The van der Waals surface area contributed by atoms with Crippen LogP contribution in [0, 0.1) is 12.7 Å². The number of ether oxygens (including phenoxy) is 1. The van der Waals surface area contributed by atoms with E-state index in [0.29, 0.717) is 12.3 Å². The van der Waals surface area contributed by atoms with Crippen molar-refractivity contribution in [1.29, 1.82) is 0 Å². The van der Waals surface area contributed by atoms with Gasteiger partial charge in [-0.25, -0.2) is 4.39 Å². The van der Waals surface area contributed by atoms with Crippen molar-refractivity contribution >= 4 is 0 Å². The molecule has 20 heavy (non-hydrogen) atoms. The fourth-order valence-corrected chi connectivity index (χ4v) is 2.35. The molecule has 0 aromatic heterocycles. The summed E-state index contributed by atoms with van der Waals surface area (Å²) in [7, 11) is 1.59. The molecule has 2 nitrogen and oxygen atoms in total. The Morgan fingerprint density at radius 3 is 2.45 bits per heavy atom. The van der Waals surface area contributed by atoms with Gasteiger partial charge in [0.25, 0.3) is 0 Å². The van der Waals surface area contributed by atoms with Crippen molar-refractivity contribution in [3.63, 3.8) is 0 Å². The summed E-state index contributed by atoms with van der Waals surface area (Å²) in [4.78, 5) is 0. The standard InChI is InChI=1S/C17H20FNO/c1-12-3-5-13(6-4-12)9-14(11-19)16-10-15(18)7-8-17(16)20-2/h3-8,10,14H,9,11,19H2,1-2H3. The molecule has 106 valence electrons. The average molecular weight is 273 g/mol. The van der Waals surface area contributed by atoms with Gasteiger partial charge in [-0.1, -0.05) is 29.8 Å². The first-order valence-corrected chi connectivity index (χ1v) is 6.73. The van der Waals surface area contributed by atoms with Gasteiger partial charge >= 0.3 is 0 Å². The zero-order chi connectivity index (χ0) is 14.5. The van der Waals surface area contributed by atoms with Crippen LogP contribution in [0.4, 0.5) is 4.39 Å². The molecule has 0 bridgehead atoms. The molecule has 0 aliphatic carbocycles. The van der Waals surface area contributed by atoms with Crippen molar-refractivity contribution < 1.29 is 9.13 Å². The molecule has 1 atom stereocenters. The minimum Gasteiger partial charge on any atom is -0.496 e. The Labute approximate surface area is 119 Å². The summed E-state index contributed by atoms with van der Waals surface area (Å²) < 4.78 is 18.8. The maximum absolute atomic E-state index is 13.5. The van der Waals surface area contributed by atoms with Crippen LogP contribution in [-0.4, -0.2) is 13.7 Å². The Balaban J connectivity index is 2.28. The summed E-state index contributed by atoms with van der Waals surface area (Å²) in [6.45, 7) is 2.51. The van der Waals surface area contributed by atoms with E-state index >= 15 is 0 Å². The van der Waals surface area contributed by atoms with E-state index in [1.807, 2.05) is 0 Å². The van der Waals surface area contributed by atoms with Crippen LogP contribution in [0.3, 0.4) is 0 Å². The lowest BCUT2D eigenvalue weighted by molar-refractivity contribution is 0.403. The number of halogens is 1. The highest BCUT2D eigenvalue weighted by Gasteiger charge is 2.16. The van der Waals surface area contributed by atoms with Gasteiger partial charge in [0.15, 0.2) is 0 Å². The number of hydrogen-bond acceptors (Lipinski definition) is 2. The molecule has 1 unspecified atom stereocenters. The van der Waals surface area contributed by atoms with Gasteiger partial charge < -0.3 is 10.5 Å². The van der Waals surface area contributed by atoms with Crippen molar-refractivity contribution in [2.75, 3.05) is 13.7 Å². The molecule has 0 saturated carbocycles. The minimum atomic E-state index is -0.261. The summed E-state index contributed by atoms with van der Waals surface area (Å²) in [5.74, 6) is 0.473. The molecule has 0 amide bonds. The Bertz CT molecular complexity index is 566. The highest BCUT2D eigenvalue weighted by atomic mass is 19.1. The Morgan fingerprint density at radius 1 is 1.15 bits per heavy atom. The van der Waals surface area contributed by atoms with E-state index < -0.39 is 0 Å². The first-order chi connectivity index (χ1) is 9.63. The van der Waals surface area contributed by atoms with Crippen LogP contribution in [0.15, 0.2) is 42.5 Å². The predicted molar refractivity (Wildman–Crippen MR) is 79.6 cm³/mol. The molecule has 0 fully saturated rings. The van der Waals surface area contributed by atoms with Gasteiger partial charge in [0.2, 0.25) is 0 Å². The molecule has 0 radical (unpaired) electrons. The van der Waals surface area contributed by atoms with Crippen LogP contribution in [0.5, 0.6) is 5.75 Å². The van der Waals surface area contributed by atoms with Crippen molar-refractivity contribution in [3.8, 4) is 5.75 Å². The predicted octanol–water partition coefficient (Wildman–Crippen LogP) is 3.43. The van der Waals surface area contributed by atoms with Crippen LogP contribution in [0.25, 0.3) is 0 Å². The quantitative estimate of drug-likeness (QED) is 0.906. The number of hydrogen-bond donors (Lipinski definition) is 1. The van der Waals surface area contributed by atoms with Gasteiger partial charge in [-0.15, -0.1) is 0 Å². The second-order valence-electron chi connectivity index (χ2n) is 5.01. The second kappa shape index (κ2) is 6.53. The fourth-order valence-electron chi connectivity index (χ4n) is 2.35. The van der Waals surface area contributed by atoms with Crippen LogP contribution >= 0.6 is 0 Å². The number of nitrogens with two attached hydrogens (primary N) is 1. The molecular formula is C17H20FNO. The summed E-state index contributed by atoms with van der Waals surface area (Å²) in [6.07, 6.45) is 0.774. The first kappa shape index (κ1) is 14.5. The molecule has 2 aromatic carbocycles. The van der Waals surface area contributed by atoms with Crippen LogP contribution in [0.1, 0.15) is 22.6 Å². The summed E-state index contributed by atoms with van der Waals surface area (Å²) in [5.41, 5.74) is 9.12. The smallest absolute Gasteiger partial charge is 0.123 e. The number of methoxy groups -OCH3 is 1. The molecule has 0 spiro atoms. The average Bonchev–Trinajstić information content (AvgIpc) is 2.46. The fraction of sp³-hybridized carbons (Fsp3) is 0.294.